The molecule has 7 heteroatoms. The normalized spacial score (nSPS) is 13.8. The van der Waals surface area contributed by atoms with Gasteiger partial charge in [-0.25, -0.2) is 0 Å². The van der Waals surface area contributed by atoms with Crippen molar-refractivity contribution < 1.29 is 27.1 Å². The largest absolute Gasteiger partial charge is 0.486 e. The summed E-state index contributed by atoms with van der Waals surface area (Å²) in [4.78, 5) is 13.3. The summed E-state index contributed by atoms with van der Waals surface area (Å²) < 4.78 is 57.2. The van der Waals surface area contributed by atoms with E-state index in [9.17, 15) is 18.0 Å². The van der Waals surface area contributed by atoms with E-state index in [4.69, 9.17) is 13.9 Å². The number of benzene rings is 3. The molecule has 0 amide bonds. The highest BCUT2D eigenvalue weighted by molar-refractivity contribution is 6.09. The lowest BCUT2D eigenvalue weighted by Crippen LogP contribution is -2.15. The molecule has 0 aliphatic carbocycles. The van der Waals surface area contributed by atoms with Crippen molar-refractivity contribution in [2.45, 2.75) is 6.18 Å². The number of hydrogen-bond acceptors (Lipinski definition) is 4. The molecule has 3 aromatic carbocycles. The van der Waals surface area contributed by atoms with Gasteiger partial charge in [0.05, 0.1) is 16.5 Å². The van der Waals surface area contributed by atoms with E-state index in [0.29, 0.717) is 35.5 Å². The molecular formula is C22H13F3O4. The van der Waals surface area contributed by atoms with Crippen molar-refractivity contribution in [3.05, 3.63) is 70.6 Å². The fraction of sp³-hybridized carbons (Fsp3) is 0.136. The highest BCUT2D eigenvalue weighted by atomic mass is 19.4. The fourth-order valence-corrected chi connectivity index (χ4v) is 3.69. The highest BCUT2D eigenvalue weighted by Gasteiger charge is 2.34. The molecular weight excluding hydrogens is 385 g/mol. The Morgan fingerprint density at radius 1 is 0.828 bits per heavy atom. The topological polar surface area (TPSA) is 48.7 Å². The summed E-state index contributed by atoms with van der Waals surface area (Å²) in [6, 6.07) is 11.7. The molecule has 4 aromatic rings. The maximum Gasteiger partial charge on any atom is 0.417 e. The lowest BCUT2D eigenvalue weighted by atomic mass is 9.97. The molecule has 5 rings (SSSR count). The van der Waals surface area contributed by atoms with Gasteiger partial charge >= 0.3 is 6.18 Å². The smallest absolute Gasteiger partial charge is 0.417 e. The predicted octanol–water partition coefficient (Wildman–Crippen LogP) is 5.40. The molecule has 4 nitrogen and oxygen atoms in total. The van der Waals surface area contributed by atoms with Crippen molar-refractivity contribution in [1.29, 1.82) is 0 Å². The Morgan fingerprint density at radius 3 is 2.41 bits per heavy atom. The van der Waals surface area contributed by atoms with Crippen LogP contribution in [0.5, 0.6) is 11.5 Å². The van der Waals surface area contributed by atoms with Gasteiger partial charge < -0.3 is 13.9 Å². The van der Waals surface area contributed by atoms with Crippen LogP contribution in [0.1, 0.15) is 5.56 Å². The van der Waals surface area contributed by atoms with Gasteiger partial charge in [0.2, 0.25) is 5.43 Å². The van der Waals surface area contributed by atoms with Crippen molar-refractivity contribution in [2.24, 2.45) is 0 Å². The van der Waals surface area contributed by atoms with Crippen LogP contribution in [0.3, 0.4) is 0 Å². The minimum absolute atomic E-state index is 0.146. The van der Waals surface area contributed by atoms with Crippen molar-refractivity contribution in [3.8, 4) is 22.6 Å². The summed E-state index contributed by atoms with van der Waals surface area (Å²) >= 11 is 0. The maximum atomic E-state index is 13.5. The van der Waals surface area contributed by atoms with E-state index in [2.05, 4.69) is 0 Å². The summed E-state index contributed by atoms with van der Waals surface area (Å²) in [5.74, 6) is 1.07. The summed E-state index contributed by atoms with van der Waals surface area (Å²) in [6.45, 7) is 0.796. The zero-order chi connectivity index (χ0) is 20.2. The van der Waals surface area contributed by atoms with Gasteiger partial charge in [0, 0.05) is 16.3 Å². The van der Waals surface area contributed by atoms with Crippen LogP contribution in [0.4, 0.5) is 13.2 Å². The van der Waals surface area contributed by atoms with Crippen LogP contribution in [0.15, 0.2) is 64.0 Å². The van der Waals surface area contributed by atoms with Gasteiger partial charge in [-0.1, -0.05) is 18.2 Å². The number of ether oxygens (including phenoxy) is 2. The first-order valence-corrected chi connectivity index (χ1v) is 8.88. The second-order valence-corrected chi connectivity index (χ2v) is 6.65. The summed E-state index contributed by atoms with van der Waals surface area (Å²) in [7, 11) is 0. The van der Waals surface area contributed by atoms with Crippen LogP contribution in [0.25, 0.3) is 32.9 Å². The summed E-state index contributed by atoms with van der Waals surface area (Å²) in [6.07, 6.45) is -3.51. The standard InChI is InChI=1S/C22H13F3O4/c23-22(24,25)16-4-2-1-3-12(16)15-11-29-17-7-6-14-13(19(17)20(15)26)5-8-18-21(14)28-10-9-27-18/h1-8,11H,9-10H2. The van der Waals surface area contributed by atoms with Gasteiger partial charge in [0.25, 0.3) is 0 Å². The molecule has 0 radical (unpaired) electrons. The quantitative estimate of drug-likeness (QED) is 0.403. The summed E-state index contributed by atoms with van der Waals surface area (Å²) in [5, 5.41) is 1.38. The number of alkyl halides is 3. The molecule has 29 heavy (non-hydrogen) atoms. The Labute approximate surface area is 162 Å². The number of hydrogen-bond donors (Lipinski definition) is 0. The molecule has 0 saturated heterocycles. The molecule has 0 unspecified atom stereocenters. The van der Waals surface area contributed by atoms with Gasteiger partial charge in [-0.15, -0.1) is 0 Å². The third-order valence-corrected chi connectivity index (χ3v) is 4.96. The van der Waals surface area contributed by atoms with Gasteiger partial charge in [0.15, 0.2) is 11.5 Å². The number of fused-ring (bicyclic) bond motifs is 5. The molecule has 0 saturated carbocycles. The van der Waals surface area contributed by atoms with E-state index in [0.717, 1.165) is 12.3 Å². The maximum absolute atomic E-state index is 13.5. The monoisotopic (exact) mass is 398 g/mol. The van der Waals surface area contributed by atoms with E-state index >= 15 is 0 Å². The number of halogens is 3. The van der Waals surface area contributed by atoms with E-state index in [1.807, 2.05) is 0 Å². The van der Waals surface area contributed by atoms with Crippen molar-refractivity contribution in [3.63, 3.8) is 0 Å². The summed E-state index contributed by atoms with van der Waals surface area (Å²) in [5.41, 5.74) is -1.50. The van der Waals surface area contributed by atoms with Crippen LogP contribution >= 0.6 is 0 Å². The predicted molar refractivity (Wildman–Crippen MR) is 101 cm³/mol. The second kappa shape index (κ2) is 6.27. The van der Waals surface area contributed by atoms with Gasteiger partial charge in [-0.05, 0) is 30.3 Å². The zero-order valence-electron chi connectivity index (χ0n) is 14.9. The van der Waals surface area contributed by atoms with Crippen LogP contribution in [0, 0.1) is 0 Å². The van der Waals surface area contributed by atoms with Crippen LogP contribution < -0.4 is 14.9 Å². The molecule has 0 atom stereocenters. The molecule has 1 aromatic heterocycles. The SMILES string of the molecule is O=c1c(-c2ccccc2C(F)(F)F)coc2ccc3c4c(ccc3c12)OCCO4. The average Bonchev–Trinajstić information content (AvgIpc) is 2.73. The molecule has 0 N–H and O–H groups in total. The Kier molecular flexibility index (Phi) is 3.81. The van der Waals surface area contributed by atoms with Gasteiger partial charge in [-0.3, -0.25) is 4.79 Å². The third-order valence-electron chi connectivity index (χ3n) is 4.96. The molecule has 0 spiro atoms. The number of rotatable bonds is 1. The lowest BCUT2D eigenvalue weighted by Gasteiger charge is -2.20. The minimum atomic E-state index is -4.60. The molecule has 1 aliphatic heterocycles. The van der Waals surface area contributed by atoms with E-state index in [-0.39, 0.29) is 22.1 Å². The first kappa shape index (κ1) is 17.6. The Balaban J connectivity index is 1.84. The van der Waals surface area contributed by atoms with Crippen molar-refractivity contribution in [1.82, 2.24) is 0 Å². The molecule has 2 heterocycles. The third kappa shape index (κ3) is 2.73. The van der Waals surface area contributed by atoms with Crippen LogP contribution in [0.2, 0.25) is 0 Å². The first-order chi connectivity index (χ1) is 13.9. The molecule has 1 aliphatic rings. The molecule has 0 bridgehead atoms. The van der Waals surface area contributed by atoms with Crippen molar-refractivity contribution in [2.75, 3.05) is 13.2 Å². The minimum Gasteiger partial charge on any atom is -0.486 e. The average molecular weight is 398 g/mol. The fourth-order valence-electron chi connectivity index (χ4n) is 3.69. The molecule has 0 fully saturated rings. The molecule has 146 valence electrons. The Bertz CT molecular complexity index is 1320. The van der Waals surface area contributed by atoms with Gasteiger partial charge in [-0.2, -0.15) is 13.2 Å². The highest BCUT2D eigenvalue weighted by Crippen LogP contribution is 2.41. The second-order valence-electron chi connectivity index (χ2n) is 6.65. The lowest BCUT2D eigenvalue weighted by molar-refractivity contribution is -0.137. The Morgan fingerprint density at radius 2 is 1.59 bits per heavy atom. The van der Waals surface area contributed by atoms with E-state index in [1.165, 1.54) is 18.2 Å². The zero-order valence-corrected chi connectivity index (χ0v) is 14.9. The van der Waals surface area contributed by atoms with E-state index in [1.54, 1.807) is 24.3 Å². The Hall–Kier alpha value is -3.48. The van der Waals surface area contributed by atoms with Crippen LogP contribution in [-0.2, 0) is 6.18 Å². The van der Waals surface area contributed by atoms with E-state index < -0.39 is 17.2 Å². The van der Waals surface area contributed by atoms with Crippen LogP contribution in [-0.4, -0.2) is 13.2 Å². The van der Waals surface area contributed by atoms with Crippen molar-refractivity contribution >= 4 is 21.7 Å². The van der Waals surface area contributed by atoms with Gasteiger partial charge in [0.1, 0.15) is 25.1 Å². The first-order valence-electron chi connectivity index (χ1n) is 8.88.